The van der Waals surface area contributed by atoms with Crippen molar-refractivity contribution in [1.29, 1.82) is 0 Å². The van der Waals surface area contributed by atoms with E-state index in [4.69, 9.17) is 9.97 Å². The SMILES string of the molecule is c1ccc(Cc2nc3c(c(Cc4ccccc4)n2)CCC3)cc1. The van der Waals surface area contributed by atoms with Crippen molar-refractivity contribution < 1.29 is 0 Å². The Bertz CT molecular complexity index is 795. The van der Waals surface area contributed by atoms with Gasteiger partial charge in [-0.05, 0) is 36.0 Å². The topological polar surface area (TPSA) is 25.8 Å². The Labute approximate surface area is 137 Å². The summed E-state index contributed by atoms with van der Waals surface area (Å²) in [4.78, 5) is 9.76. The van der Waals surface area contributed by atoms with Crippen LogP contribution in [0, 0.1) is 0 Å². The van der Waals surface area contributed by atoms with Crippen molar-refractivity contribution in [1.82, 2.24) is 9.97 Å². The van der Waals surface area contributed by atoms with Gasteiger partial charge in [0.15, 0.2) is 0 Å². The zero-order valence-electron chi connectivity index (χ0n) is 13.2. The van der Waals surface area contributed by atoms with E-state index in [1.165, 1.54) is 34.5 Å². The number of hydrogen-bond donors (Lipinski definition) is 0. The molecule has 0 amide bonds. The molecule has 0 unspecified atom stereocenters. The third-order valence-electron chi connectivity index (χ3n) is 4.48. The maximum absolute atomic E-state index is 4.92. The van der Waals surface area contributed by atoms with Gasteiger partial charge >= 0.3 is 0 Å². The van der Waals surface area contributed by atoms with Crippen molar-refractivity contribution in [2.45, 2.75) is 32.1 Å². The molecule has 3 aromatic rings. The minimum Gasteiger partial charge on any atom is -0.237 e. The van der Waals surface area contributed by atoms with Crippen LogP contribution in [-0.4, -0.2) is 9.97 Å². The summed E-state index contributed by atoms with van der Waals surface area (Å²) in [6.45, 7) is 0. The molecule has 0 spiro atoms. The van der Waals surface area contributed by atoms with Gasteiger partial charge in [0.05, 0.1) is 5.69 Å². The largest absolute Gasteiger partial charge is 0.237 e. The normalized spacial score (nSPS) is 13.0. The lowest BCUT2D eigenvalue weighted by atomic mass is 10.0. The fraction of sp³-hybridized carbons (Fsp3) is 0.238. The van der Waals surface area contributed by atoms with Crippen molar-refractivity contribution in [2.75, 3.05) is 0 Å². The van der Waals surface area contributed by atoms with E-state index in [2.05, 4.69) is 54.6 Å². The minimum absolute atomic E-state index is 0.815. The molecule has 1 aliphatic rings. The van der Waals surface area contributed by atoms with E-state index < -0.39 is 0 Å². The zero-order chi connectivity index (χ0) is 15.5. The van der Waals surface area contributed by atoms with Crippen LogP contribution in [0.15, 0.2) is 60.7 Å². The van der Waals surface area contributed by atoms with Crippen molar-refractivity contribution in [3.8, 4) is 0 Å². The Kier molecular flexibility index (Phi) is 3.89. The molecule has 4 rings (SSSR count). The summed E-state index contributed by atoms with van der Waals surface area (Å²) < 4.78 is 0. The van der Waals surface area contributed by atoms with E-state index in [1.54, 1.807) is 0 Å². The molecule has 0 N–H and O–H groups in total. The molecular weight excluding hydrogens is 280 g/mol. The standard InChI is InChI=1S/C21H20N2/c1-3-8-16(9-4-1)14-20-18-12-7-13-19(18)22-21(23-20)15-17-10-5-2-6-11-17/h1-6,8-11H,7,12-15H2. The number of aryl methyl sites for hydroxylation is 1. The summed E-state index contributed by atoms with van der Waals surface area (Å²) in [5.41, 5.74) is 6.49. The minimum atomic E-state index is 0.815. The Morgan fingerprint density at radius 1 is 0.696 bits per heavy atom. The fourth-order valence-corrected chi connectivity index (χ4v) is 3.36. The molecule has 0 radical (unpaired) electrons. The average molecular weight is 300 g/mol. The number of rotatable bonds is 4. The Morgan fingerprint density at radius 3 is 2.04 bits per heavy atom. The molecule has 1 heterocycles. The van der Waals surface area contributed by atoms with Gasteiger partial charge in [-0.25, -0.2) is 9.97 Å². The van der Waals surface area contributed by atoms with Gasteiger partial charge < -0.3 is 0 Å². The van der Waals surface area contributed by atoms with Gasteiger partial charge in [0.25, 0.3) is 0 Å². The molecule has 1 aromatic heterocycles. The lowest BCUT2D eigenvalue weighted by Crippen LogP contribution is -2.07. The summed E-state index contributed by atoms with van der Waals surface area (Å²) in [5, 5.41) is 0. The first-order valence-electron chi connectivity index (χ1n) is 8.34. The van der Waals surface area contributed by atoms with Crippen LogP contribution in [0.25, 0.3) is 0 Å². The zero-order valence-corrected chi connectivity index (χ0v) is 13.2. The molecule has 2 heteroatoms. The molecule has 1 aliphatic carbocycles. The first-order valence-corrected chi connectivity index (χ1v) is 8.34. The Morgan fingerprint density at radius 2 is 1.35 bits per heavy atom. The van der Waals surface area contributed by atoms with E-state index >= 15 is 0 Å². The number of hydrogen-bond acceptors (Lipinski definition) is 2. The second kappa shape index (κ2) is 6.33. The second-order valence-electron chi connectivity index (χ2n) is 6.19. The first kappa shape index (κ1) is 14.1. The summed E-state index contributed by atoms with van der Waals surface area (Å²) in [5.74, 6) is 0.961. The van der Waals surface area contributed by atoms with Gasteiger partial charge in [0, 0.05) is 18.5 Å². The predicted molar refractivity (Wildman–Crippen MR) is 92.6 cm³/mol. The smallest absolute Gasteiger partial charge is 0.133 e. The predicted octanol–water partition coefficient (Wildman–Crippen LogP) is 4.15. The quantitative estimate of drug-likeness (QED) is 0.723. The summed E-state index contributed by atoms with van der Waals surface area (Å²) >= 11 is 0. The fourth-order valence-electron chi connectivity index (χ4n) is 3.36. The summed E-state index contributed by atoms with van der Waals surface area (Å²) in [6.07, 6.45) is 5.16. The monoisotopic (exact) mass is 300 g/mol. The molecule has 0 bridgehead atoms. The molecular formula is C21H20N2. The van der Waals surface area contributed by atoms with Crippen LogP contribution >= 0.6 is 0 Å². The van der Waals surface area contributed by atoms with E-state index in [9.17, 15) is 0 Å². The number of aromatic nitrogens is 2. The van der Waals surface area contributed by atoms with Gasteiger partial charge in [-0.15, -0.1) is 0 Å². The highest BCUT2D eigenvalue weighted by Gasteiger charge is 2.19. The van der Waals surface area contributed by atoms with Crippen LogP contribution < -0.4 is 0 Å². The van der Waals surface area contributed by atoms with E-state index in [0.29, 0.717) is 0 Å². The lowest BCUT2D eigenvalue weighted by Gasteiger charge is -2.10. The molecule has 2 nitrogen and oxygen atoms in total. The molecule has 114 valence electrons. The summed E-state index contributed by atoms with van der Waals surface area (Å²) in [7, 11) is 0. The molecule has 0 aliphatic heterocycles. The average Bonchev–Trinajstić information content (AvgIpc) is 3.05. The van der Waals surface area contributed by atoms with Crippen molar-refractivity contribution in [2.24, 2.45) is 0 Å². The molecule has 0 saturated carbocycles. The van der Waals surface area contributed by atoms with E-state index in [1.807, 2.05) is 6.07 Å². The van der Waals surface area contributed by atoms with Gasteiger partial charge in [-0.3, -0.25) is 0 Å². The number of nitrogens with zero attached hydrogens (tertiary/aromatic N) is 2. The van der Waals surface area contributed by atoms with Gasteiger partial charge in [-0.2, -0.15) is 0 Å². The van der Waals surface area contributed by atoms with E-state index in [0.717, 1.165) is 31.5 Å². The molecule has 0 fully saturated rings. The molecule has 0 saturated heterocycles. The number of benzene rings is 2. The van der Waals surface area contributed by atoms with Gasteiger partial charge in [-0.1, -0.05) is 60.7 Å². The number of fused-ring (bicyclic) bond motifs is 1. The third-order valence-corrected chi connectivity index (χ3v) is 4.48. The lowest BCUT2D eigenvalue weighted by molar-refractivity contribution is 0.874. The van der Waals surface area contributed by atoms with Crippen LogP contribution in [0.5, 0.6) is 0 Å². The maximum Gasteiger partial charge on any atom is 0.133 e. The van der Waals surface area contributed by atoms with Crippen LogP contribution in [-0.2, 0) is 25.7 Å². The first-order chi connectivity index (χ1) is 11.4. The molecule has 0 atom stereocenters. The molecule has 23 heavy (non-hydrogen) atoms. The highest BCUT2D eigenvalue weighted by molar-refractivity contribution is 5.35. The van der Waals surface area contributed by atoms with Gasteiger partial charge in [0.2, 0.25) is 0 Å². The summed E-state index contributed by atoms with van der Waals surface area (Å²) in [6, 6.07) is 21.1. The van der Waals surface area contributed by atoms with Crippen LogP contribution in [0.1, 0.15) is 40.3 Å². The highest BCUT2D eigenvalue weighted by Crippen LogP contribution is 2.25. The van der Waals surface area contributed by atoms with Crippen LogP contribution in [0.2, 0.25) is 0 Å². The van der Waals surface area contributed by atoms with Crippen molar-refractivity contribution >= 4 is 0 Å². The highest BCUT2D eigenvalue weighted by atomic mass is 14.9. The Balaban J connectivity index is 1.68. The van der Waals surface area contributed by atoms with Crippen molar-refractivity contribution in [3.05, 3.63) is 94.6 Å². The molecule has 2 aromatic carbocycles. The Hall–Kier alpha value is -2.48. The third kappa shape index (κ3) is 3.16. The van der Waals surface area contributed by atoms with Crippen LogP contribution in [0.4, 0.5) is 0 Å². The van der Waals surface area contributed by atoms with Crippen LogP contribution in [0.3, 0.4) is 0 Å². The maximum atomic E-state index is 4.92. The van der Waals surface area contributed by atoms with Gasteiger partial charge in [0.1, 0.15) is 5.82 Å². The second-order valence-corrected chi connectivity index (χ2v) is 6.19. The van der Waals surface area contributed by atoms with Crippen molar-refractivity contribution in [3.63, 3.8) is 0 Å². The van der Waals surface area contributed by atoms with E-state index in [-0.39, 0.29) is 0 Å².